The van der Waals surface area contributed by atoms with Crippen molar-refractivity contribution in [1.82, 2.24) is 0 Å². The molecule has 8 nitrogen and oxygen atoms in total. The van der Waals surface area contributed by atoms with Gasteiger partial charge in [0.05, 0.1) is 66.1 Å². The molecule has 0 aliphatic heterocycles. The smallest absolute Gasteiger partial charge is 0.119 e. The number of rotatable bonds is 22. The zero-order chi connectivity index (χ0) is 58.9. The molecule has 0 spiro atoms. The number of ether oxygens (including phenoxy) is 8. The molecule has 0 aromatic heterocycles. The summed E-state index contributed by atoms with van der Waals surface area (Å²) in [6.45, 7) is 20.3. The monoisotopic (exact) mass is 1270 g/mol. The van der Waals surface area contributed by atoms with E-state index in [1.807, 2.05) is 0 Å². The van der Waals surface area contributed by atoms with Crippen LogP contribution in [0.4, 0.5) is 0 Å². The Morgan fingerprint density at radius 3 is 0.756 bits per heavy atom. The van der Waals surface area contributed by atoms with E-state index in [-0.39, 0.29) is 10.8 Å². The normalized spacial score (nSPS) is 13.1. The first-order chi connectivity index (χ1) is 41.7. The summed E-state index contributed by atoms with van der Waals surface area (Å²) >= 11 is 8.35. The fourth-order valence-electron chi connectivity index (χ4n) is 14.2. The maximum Gasteiger partial charge on any atom is 0.119 e. The number of hydrogen-bond donors (Lipinski definition) is 0. The third-order valence-corrected chi connectivity index (χ3v) is 19.1. The molecule has 0 unspecified atom stereocenters. The van der Waals surface area contributed by atoms with E-state index in [1.54, 1.807) is 14.2 Å². The molecule has 15 rings (SSSR count). The Kier molecular flexibility index (Phi) is 14.0. The molecule has 0 amide bonds. The van der Waals surface area contributed by atoms with Crippen LogP contribution in [0.1, 0.15) is 52.7 Å². The molecule has 434 valence electrons. The van der Waals surface area contributed by atoms with Gasteiger partial charge in [-0.1, -0.05) is 97.7 Å². The van der Waals surface area contributed by atoms with Gasteiger partial charge < -0.3 is 37.9 Å². The van der Waals surface area contributed by atoms with E-state index < -0.39 is 0 Å². The second-order valence-corrected chi connectivity index (χ2v) is 27.3. The van der Waals surface area contributed by atoms with Crippen molar-refractivity contribution in [1.29, 1.82) is 0 Å². The van der Waals surface area contributed by atoms with Crippen LogP contribution in [0, 0.1) is 0 Å². The van der Waals surface area contributed by atoms with Crippen LogP contribution in [0.5, 0.6) is 11.5 Å². The molecule has 0 radical (unpaired) electrons. The van der Waals surface area contributed by atoms with Crippen LogP contribution in [0.3, 0.4) is 0 Å². The standard InChI is InChI=1S/C76H68Br2O8/c1-75(2,3)45-33-55-56-34-46(76(4,5)6)36-58-62-40-48(78)38-60-54-32-44(42-11-15-50(16-12-42)86-28-26-84-24-22-82-20-18-80-8)30-52-51-29-43(41-9-13-49(14-10-41)85-27-25-83-23-21-81-19-17-79-7)31-53-59-37-47(77)39-61-57(35-45)65(55)71-72(66(56)58)74(68(60)62)70(64(52)54)69(63(51)53)73(71)67(59)61/h9-16,29-40H,17-28H2,1-8H3. The number of halogens is 2. The van der Waals surface area contributed by atoms with Gasteiger partial charge in [0, 0.05) is 23.2 Å². The van der Waals surface area contributed by atoms with Gasteiger partial charge in [0.25, 0.3) is 0 Å². The van der Waals surface area contributed by atoms with Crippen LogP contribution in [-0.4, -0.2) is 93.5 Å². The third kappa shape index (κ3) is 9.03. The summed E-state index contributed by atoms with van der Waals surface area (Å²) in [5, 5.41) is 31.6. The molecule has 0 fully saturated rings. The highest BCUT2D eigenvalue weighted by Crippen LogP contribution is 2.62. The van der Waals surface area contributed by atoms with Crippen LogP contribution in [0.2, 0.25) is 0 Å². The van der Waals surface area contributed by atoms with Crippen molar-refractivity contribution in [3.8, 4) is 33.8 Å². The molecule has 15 aromatic rings. The summed E-state index contributed by atoms with van der Waals surface area (Å²) in [4.78, 5) is 0. The quantitative estimate of drug-likeness (QED) is 0.0378. The van der Waals surface area contributed by atoms with Gasteiger partial charge in [-0.3, -0.25) is 0 Å². The average molecular weight is 1270 g/mol. The predicted molar refractivity (Wildman–Crippen MR) is 365 cm³/mol. The van der Waals surface area contributed by atoms with E-state index in [2.05, 4.69) is 195 Å². The number of fused-ring (bicyclic) bond motifs is 6. The number of methoxy groups -OCH3 is 2. The maximum atomic E-state index is 6.25. The molecule has 86 heavy (non-hydrogen) atoms. The van der Waals surface area contributed by atoms with Crippen molar-refractivity contribution in [3.05, 3.63) is 141 Å². The van der Waals surface area contributed by atoms with Crippen LogP contribution in [-0.2, 0) is 39.3 Å². The van der Waals surface area contributed by atoms with Crippen molar-refractivity contribution >= 4 is 161 Å². The first-order valence-electron chi connectivity index (χ1n) is 30.1. The first-order valence-corrected chi connectivity index (χ1v) is 31.7. The van der Waals surface area contributed by atoms with Crippen molar-refractivity contribution in [3.63, 3.8) is 0 Å². The Morgan fingerprint density at radius 2 is 0.500 bits per heavy atom. The molecule has 10 heteroatoms. The maximum absolute atomic E-state index is 6.25. The summed E-state index contributed by atoms with van der Waals surface area (Å²) in [6.07, 6.45) is 0. The number of hydrogen-bond acceptors (Lipinski definition) is 8. The lowest BCUT2D eigenvalue weighted by Crippen LogP contribution is -2.12. The van der Waals surface area contributed by atoms with Gasteiger partial charge in [-0.25, -0.2) is 0 Å². The predicted octanol–water partition coefficient (Wildman–Crippen LogP) is 19.7. The van der Waals surface area contributed by atoms with Crippen molar-refractivity contribution in [2.75, 3.05) is 93.5 Å². The summed E-state index contributed by atoms with van der Waals surface area (Å²) in [5.41, 5.74) is 6.98. The van der Waals surface area contributed by atoms with E-state index in [0.29, 0.717) is 79.3 Å². The largest absolute Gasteiger partial charge is 0.491 e. The molecule has 0 aliphatic rings. The fraction of sp³-hybridized carbons (Fsp3) is 0.289. The van der Waals surface area contributed by atoms with Gasteiger partial charge in [-0.15, -0.1) is 0 Å². The van der Waals surface area contributed by atoms with Gasteiger partial charge >= 0.3 is 0 Å². The minimum absolute atomic E-state index is 0.108. The molecule has 0 atom stereocenters. The lowest BCUT2D eigenvalue weighted by atomic mass is 9.71. The molecule has 0 saturated carbocycles. The van der Waals surface area contributed by atoms with E-state index in [9.17, 15) is 0 Å². The van der Waals surface area contributed by atoms with Crippen LogP contribution in [0.15, 0.2) is 130 Å². The summed E-state index contributed by atoms with van der Waals surface area (Å²) in [6, 6.07) is 46.9. The van der Waals surface area contributed by atoms with Gasteiger partial charge in [0.2, 0.25) is 0 Å². The molecular weight excluding hydrogens is 1200 g/mol. The zero-order valence-electron chi connectivity index (χ0n) is 50.1. The Hall–Kier alpha value is -6.70. The topological polar surface area (TPSA) is 73.8 Å². The van der Waals surface area contributed by atoms with Gasteiger partial charge in [0.15, 0.2) is 0 Å². The van der Waals surface area contributed by atoms with E-state index >= 15 is 0 Å². The molecule has 0 bridgehead atoms. The number of benzene rings is 15. The minimum Gasteiger partial charge on any atom is -0.491 e. The summed E-state index contributed by atoms with van der Waals surface area (Å²) in [5.74, 6) is 1.60. The molecule has 15 aromatic carbocycles. The van der Waals surface area contributed by atoms with Gasteiger partial charge in [-0.05, 0) is 271 Å². The highest BCUT2D eigenvalue weighted by Gasteiger charge is 2.34. The molecule has 0 aliphatic carbocycles. The zero-order valence-corrected chi connectivity index (χ0v) is 53.2. The van der Waals surface area contributed by atoms with Crippen LogP contribution < -0.4 is 9.47 Å². The van der Waals surface area contributed by atoms with E-state index in [4.69, 9.17) is 37.9 Å². The second kappa shape index (κ2) is 21.6. The summed E-state index contributed by atoms with van der Waals surface area (Å²) in [7, 11) is 3.35. The lowest BCUT2D eigenvalue weighted by Gasteiger charge is -2.31. The minimum atomic E-state index is -0.108. The highest BCUT2D eigenvalue weighted by atomic mass is 79.9. The molecule has 0 N–H and O–H groups in total. The fourth-order valence-corrected chi connectivity index (χ4v) is 15.2. The van der Waals surface area contributed by atoms with E-state index in [0.717, 1.165) is 42.7 Å². The SMILES string of the molecule is COCCOCCOCCOc1ccc(-c2cc3c4cc(Br)cc5c6cc(C(C)(C)C)cc7c8cc(C(C)(C)C)cc9c%10cc(Br)cc%11c%12cc(-c%13ccc(OCCOCCOCCOC)cc%13)cc%13c(c2)c3c2c(c45)c(c67)c(c98)c(c%11%10)c2c%12%13)cc1. The molecule has 0 heterocycles. The highest BCUT2D eigenvalue weighted by molar-refractivity contribution is 9.10. The average Bonchev–Trinajstić information content (AvgIpc) is 0.648. The Balaban J connectivity index is 1.00. The third-order valence-electron chi connectivity index (χ3n) is 18.2. The first kappa shape index (κ1) is 55.9. The Bertz CT molecular complexity index is 4690. The Morgan fingerprint density at radius 1 is 0.267 bits per heavy atom. The Labute approximate surface area is 516 Å². The van der Waals surface area contributed by atoms with Gasteiger partial charge in [0.1, 0.15) is 24.7 Å². The van der Waals surface area contributed by atoms with E-state index in [1.165, 1.54) is 140 Å². The van der Waals surface area contributed by atoms with Crippen molar-refractivity contribution < 1.29 is 37.9 Å². The molecule has 0 saturated heterocycles. The van der Waals surface area contributed by atoms with Crippen molar-refractivity contribution in [2.45, 2.75) is 52.4 Å². The van der Waals surface area contributed by atoms with Crippen LogP contribution >= 0.6 is 31.9 Å². The second-order valence-electron chi connectivity index (χ2n) is 25.5. The van der Waals surface area contributed by atoms with Crippen molar-refractivity contribution in [2.24, 2.45) is 0 Å². The summed E-state index contributed by atoms with van der Waals surface area (Å²) < 4.78 is 47.6. The lowest BCUT2D eigenvalue weighted by molar-refractivity contribution is 0.0180. The van der Waals surface area contributed by atoms with Crippen LogP contribution in [0.25, 0.3) is 152 Å². The molecular formula is C76H68Br2O8. The van der Waals surface area contributed by atoms with Gasteiger partial charge in [-0.2, -0.15) is 0 Å².